The van der Waals surface area contributed by atoms with Gasteiger partial charge < -0.3 is 24.1 Å². The van der Waals surface area contributed by atoms with Crippen molar-refractivity contribution >= 4 is 23.2 Å². The Bertz CT molecular complexity index is 824. The second kappa shape index (κ2) is 10.0. The summed E-state index contributed by atoms with van der Waals surface area (Å²) < 4.78 is 15.9. The number of esters is 1. The van der Waals surface area contributed by atoms with Crippen molar-refractivity contribution in [3.63, 3.8) is 0 Å². The largest absolute Gasteiger partial charge is 0.460 e. The minimum atomic E-state index is -0.448. The van der Waals surface area contributed by atoms with Crippen molar-refractivity contribution in [3.8, 4) is 0 Å². The maximum Gasteiger partial charge on any atom is 0.340 e. The van der Waals surface area contributed by atoms with E-state index in [-0.39, 0.29) is 18.6 Å². The van der Waals surface area contributed by atoms with E-state index in [1.54, 1.807) is 37.2 Å². The minimum absolute atomic E-state index is 0.0498. The number of nitrogens with zero attached hydrogens (tertiary/aromatic N) is 1. The summed E-state index contributed by atoms with van der Waals surface area (Å²) in [7, 11) is 1.55. The van der Waals surface area contributed by atoms with E-state index in [1.807, 2.05) is 17.5 Å². The van der Waals surface area contributed by atoms with Crippen LogP contribution in [0.1, 0.15) is 49.8 Å². The molecular weight excluding hydrogens is 392 g/mol. The molecule has 0 saturated carbocycles. The van der Waals surface area contributed by atoms with Gasteiger partial charge in [-0.1, -0.05) is 6.07 Å². The summed E-state index contributed by atoms with van der Waals surface area (Å²) in [5.41, 5.74) is 2.08. The molecule has 1 saturated heterocycles. The summed E-state index contributed by atoms with van der Waals surface area (Å²) in [4.78, 5) is 31.9. The van der Waals surface area contributed by atoms with Gasteiger partial charge >= 0.3 is 5.97 Å². The average Bonchev–Trinajstić information content (AvgIpc) is 3.44. The zero-order chi connectivity index (χ0) is 20.8. The van der Waals surface area contributed by atoms with Crippen LogP contribution in [0.4, 0.5) is 0 Å². The van der Waals surface area contributed by atoms with E-state index < -0.39 is 5.97 Å². The standard InChI is InChI=1S/C21H28N2O5S/c1-14-18(21(25)28-10-9-26-3)15(2)22-19(14)20(24)23(12-16-6-4-8-27-16)13-17-7-5-11-29-17/h5,7,11,16,22H,4,6,8-10,12-13H2,1-3H3. The molecule has 1 aliphatic rings. The number of amides is 1. The van der Waals surface area contributed by atoms with Gasteiger partial charge in [0.2, 0.25) is 0 Å². The van der Waals surface area contributed by atoms with Crippen molar-refractivity contribution in [3.05, 3.63) is 44.9 Å². The highest BCUT2D eigenvalue weighted by molar-refractivity contribution is 7.09. The van der Waals surface area contributed by atoms with Crippen LogP contribution in [0.2, 0.25) is 0 Å². The molecule has 0 aliphatic carbocycles. The molecule has 0 bridgehead atoms. The number of methoxy groups -OCH3 is 1. The molecule has 0 aromatic carbocycles. The van der Waals surface area contributed by atoms with E-state index >= 15 is 0 Å². The highest BCUT2D eigenvalue weighted by atomic mass is 32.1. The average molecular weight is 421 g/mol. The Kier molecular flexibility index (Phi) is 7.46. The molecule has 3 rings (SSSR count). The summed E-state index contributed by atoms with van der Waals surface area (Å²) in [5, 5.41) is 2.00. The number of nitrogens with one attached hydrogen (secondary N) is 1. The number of thiophene rings is 1. The quantitative estimate of drug-likeness (QED) is 0.497. The number of hydrogen-bond donors (Lipinski definition) is 1. The zero-order valence-corrected chi connectivity index (χ0v) is 18.0. The molecule has 2 aromatic heterocycles. The lowest BCUT2D eigenvalue weighted by Gasteiger charge is -2.25. The summed E-state index contributed by atoms with van der Waals surface area (Å²) in [6.07, 6.45) is 2.02. The van der Waals surface area contributed by atoms with E-state index in [0.717, 1.165) is 24.3 Å². The molecule has 1 aliphatic heterocycles. The van der Waals surface area contributed by atoms with Gasteiger partial charge in [0.15, 0.2) is 0 Å². The van der Waals surface area contributed by atoms with Gasteiger partial charge in [0.05, 0.1) is 24.8 Å². The van der Waals surface area contributed by atoms with Crippen molar-refractivity contribution in [1.82, 2.24) is 9.88 Å². The number of rotatable bonds is 9. The fourth-order valence-corrected chi connectivity index (χ4v) is 4.28. The van der Waals surface area contributed by atoms with Gasteiger partial charge in [-0.05, 0) is 43.7 Å². The molecule has 8 heteroatoms. The molecule has 3 heterocycles. The molecule has 1 amide bonds. The summed E-state index contributed by atoms with van der Waals surface area (Å²) in [5.74, 6) is -0.582. The van der Waals surface area contributed by atoms with E-state index in [9.17, 15) is 9.59 Å². The predicted octanol–water partition coefficient (Wildman–Crippen LogP) is 3.32. The first kappa shape index (κ1) is 21.5. The van der Waals surface area contributed by atoms with Crippen LogP contribution in [0.3, 0.4) is 0 Å². The Hall–Kier alpha value is -2.16. The number of carbonyl (C=O) groups excluding carboxylic acids is 2. The van der Waals surface area contributed by atoms with Gasteiger partial charge in [-0.3, -0.25) is 4.79 Å². The number of hydrogen-bond acceptors (Lipinski definition) is 6. The highest BCUT2D eigenvalue weighted by Crippen LogP contribution is 2.23. The normalized spacial score (nSPS) is 16.2. The van der Waals surface area contributed by atoms with Crippen molar-refractivity contribution in [1.29, 1.82) is 0 Å². The molecule has 158 valence electrons. The third-order valence-corrected chi connectivity index (χ3v) is 5.90. The molecular formula is C21H28N2O5S. The Morgan fingerprint density at radius 1 is 1.34 bits per heavy atom. The topological polar surface area (TPSA) is 80.9 Å². The van der Waals surface area contributed by atoms with Crippen molar-refractivity contribution < 1.29 is 23.8 Å². The Labute approximate surface area is 174 Å². The molecule has 2 aromatic rings. The lowest BCUT2D eigenvalue weighted by atomic mass is 10.1. The fraction of sp³-hybridized carbons (Fsp3) is 0.524. The van der Waals surface area contributed by atoms with Crippen molar-refractivity contribution in [2.75, 3.05) is 33.5 Å². The van der Waals surface area contributed by atoms with Crippen molar-refractivity contribution in [2.24, 2.45) is 0 Å². The van der Waals surface area contributed by atoms with Crippen LogP contribution in [0.5, 0.6) is 0 Å². The third-order valence-electron chi connectivity index (χ3n) is 5.04. The Balaban J connectivity index is 1.80. The first-order valence-corrected chi connectivity index (χ1v) is 10.7. The Morgan fingerprint density at radius 3 is 2.83 bits per heavy atom. The predicted molar refractivity (Wildman–Crippen MR) is 110 cm³/mol. The lowest BCUT2D eigenvalue weighted by Crippen LogP contribution is -2.37. The Morgan fingerprint density at radius 2 is 2.17 bits per heavy atom. The fourth-order valence-electron chi connectivity index (χ4n) is 3.56. The first-order chi connectivity index (χ1) is 14.0. The van der Waals surface area contributed by atoms with E-state index in [1.165, 1.54) is 0 Å². The zero-order valence-electron chi connectivity index (χ0n) is 17.2. The SMILES string of the molecule is COCCOC(=O)c1c(C)[nH]c(C(=O)N(Cc2cccs2)CC2CCCO2)c1C. The van der Waals surface area contributed by atoms with Crippen LogP contribution in [-0.4, -0.2) is 61.3 Å². The van der Waals surface area contributed by atoms with Crippen LogP contribution in [-0.2, 0) is 20.8 Å². The van der Waals surface area contributed by atoms with Gasteiger partial charge in [-0.15, -0.1) is 11.3 Å². The number of aromatic nitrogens is 1. The van der Waals surface area contributed by atoms with Crippen LogP contribution in [0.15, 0.2) is 17.5 Å². The molecule has 1 fully saturated rings. The lowest BCUT2D eigenvalue weighted by molar-refractivity contribution is 0.0386. The number of ether oxygens (including phenoxy) is 3. The van der Waals surface area contributed by atoms with Crippen molar-refractivity contribution in [2.45, 2.75) is 39.3 Å². The molecule has 0 spiro atoms. The maximum absolute atomic E-state index is 13.4. The number of carbonyl (C=O) groups is 2. The van der Waals surface area contributed by atoms with Gasteiger partial charge in [0.25, 0.3) is 5.91 Å². The summed E-state index contributed by atoms with van der Waals surface area (Å²) >= 11 is 1.62. The van der Waals surface area contributed by atoms with E-state index in [4.69, 9.17) is 14.2 Å². The molecule has 1 atom stereocenters. The number of aromatic amines is 1. The smallest absolute Gasteiger partial charge is 0.340 e. The molecule has 29 heavy (non-hydrogen) atoms. The molecule has 7 nitrogen and oxygen atoms in total. The molecule has 1 N–H and O–H groups in total. The second-order valence-electron chi connectivity index (χ2n) is 7.15. The summed E-state index contributed by atoms with van der Waals surface area (Å²) in [6.45, 7) is 5.84. The van der Waals surface area contributed by atoms with E-state index in [2.05, 4.69) is 4.98 Å². The number of H-pyrrole nitrogens is 1. The number of aryl methyl sites for hydroxylation is 1. The molecule has 0 radical (unpaired) electrons. The highest BCUT2D eigenvalue weighted by Gasteiger charge is 2.29. The summed E-state index contributed by atoms with van der Waals surface area (Å²) in [6, 6.07) is 4.00. The maximum atomic E-state index is 13.4. The van der Waals surface area contributed by atoms with Gasteiger partial charge in [0.1, 0.15) is 12.3 Å². The second-order valence-corrected chi connectivity index (χ2v) is 8.19. The van der Waals surface area contributed by atoms with Gasteiger partial charge in [-0.2, -0.15) is 0 Å². The minimum Gasteiger partial charge on any atom is -0.460 e. The molecule has 1 unspecified atom stereocenters. The van der Waals surface area contributed by atoms with Crippen LogP contribution in [0.25, 0.3) is 0 Å². The first-order valence-electron chi connectivity index (χ1n) is 9.79. The third kappa shape index (κ3) is 5.26. The van der Waals surface area contributed by atoms with Crippen LogP contribution in [0, 0.1) is 13.8 Å². The van der Waals surface area contributed by atoms with Crippen LogP contribution >= 0.6 is 11.3 Å². The van der Waals surface area contributed by atoms with Crippen LogP contribution < -0.4 is 0 Å². The monoisotopic (exact) mass is 420 g/mol. The van der Waals surface area contributed by atoms with Gasteiger partial charge in [0, 0.05) is 30.8 Å². The van der Waals surface area contributed by atoms with E-state index in [0.29, 0.717) is 42.2 Å². The van der Waals surface area contributed by atoms with Gasteiger partial charge in [-0.25, -0.2) is 4.79 Å².